The van der Waals surface area contributed by atoms with Gasteiger partial charge >= 0.3 is 0 Å². The molecule has 1 aliphatic heterocycles. The van der Waals surface area contributed by atoms with Crippen LogP contribution >= 0.6 is 0 Å². The second-order valence-corrected chi connectivity index (χ2v) is 8.09. The van der Waals surface area contributed by atoms with Crippen molar-refractivity contribution in [2.24, 2.45) is 0 Å². The summed E-state index contributed by atoms with van der Waals surface area (Å²) in [6.45, 7) is 3.80. The first kappa shape index (κ1) is 20.7. The van der Waals surface area contributed by atoms with Gasteiger partial charge in [0.25, 0.3) is 5.91 Å². The molecule has 31 heavy (non-hydrogen) atoms. The Bertz CT molecular complexity index is 1220. The lowest BCUT2D eigenvalue weighted by Crippen LogP contribution is -2.23. The first-order valence-corrected chi connectivity index (χ1v) is 10.7. The summed E-state index contributed by atoms with van der Waals surface area (Å²) in [5, 5.41) is 12.8. The monoisotopic (exact) mass is 414 g/mol. The van der Waals surface area contributed by atoms with E-state index in [1.54, 1.807) is 6.07 Å². The van der Waals surface area contributed by atoms with Crippen LogP contribution < -0.4 is 15.8 Å². The second kappa shape index (κ2) is 9.05. The number of nitrogens with zero attached hydrogens (tertiary/aromatic N) is 2. The second-order valence-electron chi connectivity index (χ2n) is 8.09. The number of carbonyl (C=O) groups excluding carboxylic acids is 1. The fourth-order valence-corrected chi connectivity index (χ4v) is 4.22. The molecule has 1 aromatic heterocycles. The molecule has 2 heterocycles. The molecule has 0 unspecified atom stereocenters. The van der Waals surface area contributed by atoms with Crippen molar-refractivity contribution >= 4 is 28.2 Å². The number of aryl methyl sites for hydroxylation is 2. The van der Waals surface area contributed by atoms with Crippen molar-refractivity contribution in [3.05, 3.63) is 69.5 Å². The molecule has 0 spiro atoms. The van der Waals surface area contributed by atoms with Gasteiger partial charge in [-0.3, -0.25) is 9.59 Å². The van der Waals surface area contributed by atoms with Crippen LogP contribution in [0.2, 0.25) is 0 Å². The van der Waals surface area contributed by atoms with Crippen molar-refractivity contribution < 1.29 is 4.79 Å². The molecule has 0 saturated carbocycles. The summed E-state index contributed by atoms with van der Waals surface area (Å²) < 4.78 is 0. The number of nitrogens with one attached hydrogen (secondary N) is 2. The van der Waals surface area contributed by atoms with Crippen molar-refractivity contribution in [3.63, 3.8) is 0 Å². The lowest BCUT2D eigenvalue weighted by Gasteiger charge is -2.22. The number of carbonyl (C=O) groups is 1. The van der Waals surface area contributed by atoms with Gasteiger partial charge < -0.3 is 15.2 Å². The predicted molar refractivity (Wildman–Crippen MR) is 124 cm³/mol. The number of aromatic amines is 1. The molecular formula is C25H26N4O2. The SMILES string of the molecule is Cc1cc(=O)[nH]c2ccc(NC(=O)c3cc(CCCC#N)ccc3N3CCCC3)cc12. The quantitative estimate of drug-likeness (QED) is 0.580. The Hall–Kier alpha value is -3.59. The molecule has 6 heteroatoms. The number of nitriles is 1. The van der Waals surface area contributed by atoms with Gasteiger partial charge in [0.1, 0.15) is 0 Å². The van der Waals surface area contributed by atoms with E-state index in [1.807, 2.05) is 37.3 Å². The molecule has 0 aliphatic carbocycles. The third-order valence-corrected chi connectivity index (χ3v) is 5.81. The number of rotatable bonds is 6. The average molecular weight is 415 g/mol. The summed E-state index contributed by atoms with van der Waals surface area (Å²) >= 11 is 0. The number of fused-ring (bicyclic) bond motifs is 1. The van der Waals surface area contributed by atoms with Crippen LogP contribution in [-0.2, 0) is 6.42 Å². The van der Waals surface area contributed by atoms with Gasteiger partial charge in [-0.15, -0.1) is 0 Å². The Kier molecular flexibility index (Phi) is 6.03. The van der Waals surface area contributed by atoms with Gasteiger partial charge in [-0.1, -0.05) is 6.07 Å². The molecule has 0 bridgehead atoms. The van der Waals surface area contributed by atoms with E-state index >= 15 is 0 Å². The number of amides is 1. The molecule has 1 fully saturated rings. The summed E-state index contributed by atoms with van der Waals surface area (Å²) in [5.41, 5.74) is 4.86. The molecular weight excluding hydrogens is 388 g/mol. The highest BCUT2D eigenvalue weighted by molar-refractivity contribution is 6.09. The third kappa shape index (κ3) is 4.61. The first-order chi connectivity index (χ1) is 15.0. The number of anilines is 2. The zero-order valence-corrected chi connectivity index (χ0v) is 17.7. The molecule has 0 radical (unpaired) electrons. The zero-order chi connectivity index (χ0) is 21.8. The summed E-state index contributed by atoms with van der Waals surface area (Å²) in [4.78, 5) is 30.1. The molecule has 0 atom stereocenters. The van der Waals surface area contributed by atoms with Gasteiger partial charge in [-0.25, -0.2) is 0 Å². The Labute approximate surface area is 181 Å². The summed E-state index contributed by atoms with van der Waals surface area (Å²) in [6.07, 6.45) is 4.33. The van der Waals surface area contributed by atoms with E-state index in [2.05, 4.69) is 27.3 Å². The van der Waals surface area contributed by atoms with Crippen LogP contribution in [0.5, 0.6) is 0 Å². The van der Waals surface area contributed by atoms with Crippen LogP contribution in [0.25, 0.3) is 10.9 Å². The Morgan fingerprint density at radius 3 is 2.74 bits per heavy atom. The number of hydrogen-bond acceptors (Lipinski definition) is 4. The highest BCUT2D eigenvalue weighted by Crippen LogP contribution is 2.28. The molecule has 1 amide bonds. The minimum atomic E-state index is -0.148. The minimum Gasteiger partial charge on any atom is -0.371 e. The molecule has 158 valence electrons. The summed E-state index contributed by atoms with van der Waals surface area (Å²) in [5.74, 6) is -0.148. The normalized spacial score (nSPS) is 13.4. The highest BCUT2D eigenvalue weighted by atomic mass is 16.1. The molecule has 4 rings (SSSR count). The van der Waals surface area contributed by atoms with E-state index in [9.17, 15) is 9.59 Å². The Balaban J connectivity index is 1.64. The predicted octanol–water partition coefficient (Wildman–Crippen LogP) is 4.54. The minimum absolute atomic E-state index is 0.134. The largest absolute Gasteiger partial charge is 0.371 e. The summed E-state index contributed by atoms with van der Waals surface area (Å²) in [7, 11) is 0. The number of benzene rings is 2. The van der Waals surface area contributed by atoms with Gasteiger partial charge in [0.05, 0.1) is 11.6 Å². The first-order valence-electron chi connectivity index (χ1n) is 10.7. The molecule has 1 aliphatic rings. The van der Waals surface area contributed by atoms with Crippen molar-refractivity contribution in [3.8, 4) is 6.07 Å². The van der Waals surface area contributed by atoms with Crippen molar-refractivity contribution in [2.45, 2.75) is 39.0 Å². The molecule has 6 nitrogen and oxygen atoms in total. The van der Waals surface area contributed by atoms with Crippen LogP contribution in [-0.4, -0.2) is 24.0 Å². The standard InChI is InChI=1S/C25H26N4O2/c1-17-14-24(30)28-22-9-8-19(16-20(17)22)27-25(31)21-15-18(6-2-3-11-26)7-10-23(21)29-12-4-5-13-29/h7-10,14-16H,2-6,12-13H2,1H3,(H,27,31)(H,28,30). The van der Waals surface area contributed by atoms with Crippen molar-refractivity contribution in [1.82, 2.24) is 4.98 Å². The van der Waals surface area contributed by atoms with Crippen molar-refractivity contribution in [2.75, 3.05) is 23.3 Å². The van der Waals surface area contributed by atoms with E-state index in [1.165, 1.54) is 0 Å². The van der Waals surface area contributed by atoms with E-state index in [-0.39, 0.29) is 11.5 Å². The maximum atomic E-state index is 13.3. The zero-order valence-electron chi connectivity index (χ0n) is 17.7. The molecule has 1 saturated heterocycles. The fourth-order valence-electron chi connectivity index (χ4n) is 4.22. The van der Waals surface area contributed by atoms with E-state index in [0.717, 1.165) is 66.5 Å². The van der Waals surface area contributed by atoms with Gasteiger partial charge in [0.15, 0.2) is 0 Å². The maximum Gasteiger partial charge on any atom is 0.257 e. The Morgan fingerprint density at radius 1 is 1.16 bits per heavy atom. The van der Waals surface area contributed by atoms with Crippen LogP contribution in [0.4, 0.5) is 11.4 Å². The van der Waals surface area contributed by atoms with Gasteiger partial charge in [0, 0.05) is 47.9 Å². The molecule has 2 N–H and O–H groups in total. The van der Waals surface area contributed by atoms with Crippen LogP contribution in [0.1, 0.15) is 47.2 Å². The molecule has 2 aromatic carbocycles. The number of hydrogen-bond donors (Lipinski definition) is 2. The maximum absolute atomic E-state index is 13.3. The topological polar surface area (TPSA) is 89.0 Å². The smallest absolute Gasteiger partial charge is 0.257 e. The van der Waals surface area contributed by atoms with Gasteiger partial charge in [-0.2, -0.15) is 5.26 Å². The highest BCUT2D eigenvalue weighted by Gasteiger charge is 2.20. The number of aromatic nitrogens is 1. The Morgan fingerprint density at radius 2 is 1.97 bits per heavy atom. The summed E-state index contributed by atoms with van der Waals surface area (Å²) in [6, 6.07) is 15.3. The van der Waals surface area contributed by atoms with Crippen LogP contribution in [0.15, 0.2) is 47.3 Å². The number of H-pyrrole nitrogens is 1. The number of unbranched alkanes of at least 4 members (excludes halogenated alkanes) is 1. The lowest BCUT2D eigenvalue weighted by atomic mass is 10.0. The van der Waals surface area contributed by atoms with E-state index in [0.29, 0.717) is 17.7 Å². The lowest BCUT2D eigenvalue weighted by molar-refractivity contribution is 0.102. The number of pyridine rings is 1. The molecule has 3 aromatic rings. The van der Waals surface area contributed by atoms with E-state index < -0.39 is 0 Å². The van der Waals surface area contributed by atoms with Crippen LogP contribution in [0, 0.1) is 18.3 Å². The van der Waals surface area contributed by atoms with E-state index in [4.69, 9.17) is 5.26 Å². The van der Waals surface area contributed by atoms with Gasteiger partial charge in [0.2, 0.25) is 5.56 Å². The fraction of sp³-hybridized carbons (Fsp3) is 0.320. The average Bonchev–Trinajstić information content (AvgIpc) is 3.29. The van der Waals surface area contributed by atoms with Crippen LogP contribution in [0.3, 0.4) is 0 Å². The van der Waals surface area contributed by atoms with Gasteiger partial charge in [-0.05, 0) is 74.1 Å². The van der Waals surface area contributed by atoms with Crippen molar-refractivity contribution in [1.29, 1.82) is 5.26 Å². The third-order valence-electron chi connectivity index (χ3n) is 5.81.